The van der Waals surface area contributed by atoms with Crippen molar-refractivity contribution in [3.63, 3.8) is 0 Å². The molecule has 0 saturated heterocycles. The molecular formula is C18H15Cl2NO2S. The van der Waals surface area contributed by atoms with Crippen molar-refractivity contribution < 1.29 is 9.59 Å². The first kappa shape index (κ1) is 18.7. The van der Waals surface area contributed by atoms with Crippen molar-refractivity contribution in [2.75, 3.05) is 0 Å². The van der Waals surface area contributed by atoms with Gasteiger partial charge in [0.25, 0.3) is 0 Å². The van der Waals surface area contributed by atoms with Gasteiger partial charge in [0.1, 0.15) is 0 Å². The fraction of sp³-hybridized carbons (Fsp3) is 0.111. The Labute approximate surface area is 154 Å². The van der Waals surface area contributed by atoms with Crippen LogP contribution in [0.25, 0.3) is 0 Å². The number of rotatable bonds is 6. The van der Waals surface area contributed by atoms with E-state index in [4.69, 9.17) is 28.9 Å². The summed E-state index contributed by atoms with van der Waals surface area (Å²) in [5.41, 5.74) is 7.26. The third-order valence-electron chi connectivity index (χ3n) is 3.26. The standard InChI is InChI=1S/C18H15Cl2NO2S/c1-11(22)15(10-24-18(21)12-5-3-2-4-6-12)17(23)14-8-7-13(19)9-16(14)20/h2-10,18H,21H2,1H3/b15-10+. The molecule has 6 heteroatoms. The van der Waals surface area contributed by atoms with E-state index in [1.807, 2.05) is 30.3 Å². The van der Waals surface area contributed by atoms with Crippen molar-refractivity contribution in [3.8, 4) is 0 Å². The fourth-order valence-electron chi connectivity index (χ4n) is 1.98. The minimum Gasteiger partial charge on any atom is -0.315 e. The van der Waals surface area contributed by atoms with Crippen LogP contribution in [0.2, 0.25) is 10.0 Å². The van der Waals surface area contributed by atoms with E-state index in [2.05, 4.69) is 0 Å². The molecule has 0 amide bonds. The molecule has 24 heavy (non-hydrogen) atoms. The molecule has 0 aliphatic rings. The number of halogens is 2. The molecule has 0 heterocycles. The molecule has 0 bridgehead atoms. The van der Waals surface area contributed by atoms with Gasteiger partial charge in [-0.1, -0.05) is 53.5 Å². The Morgan fingerprint density at radius 2 is 1.79 bits per heavy atom. The first-order valence-electron chi connectivity index (χ1n) is 7.07. The molecule has 0 aliphatic heterocycles. The predicted molar refractivity (Wildman–Crippen MR) is 101 cm³/mol. The predicted octanol–water partition coefficient (Wildman–Crippen LogP) is 5.04. The fourth-order valence-corrected chi connectivity index (χ4v) is 3.34. The average Bonchev–Trinajstić information content (AvgIpc) is 2.55. The maximum Gasteiger partial charge on any atom is 0.198 e. The maximum atomic E-state index is 12.6. The number of hydrogen-bond donors (Lipinski definition) is 1. The maximum absolute atomic E-state index is 12.6. The van der Waals surface area contributed by atoms with Crippen LogP contribution in [-0.2, 0) is 4.79 Å². The molecule has 1 unspecified atom stereocenters. The molecule has 2 rings (SSSR count). The smallest absolute Gasteiger partial charge is 0.198 e. The van der Waals surface area contributed by atoms with Crippen molar-refractivity contribution in [1.29, 1.82) is 0 Å². The number of hydrogen-bond acceptors (Lipinski definition) is 4. The lowest BCUT2D eigenvalue weighted by atomic mass is 10.0. The molecule has 0 aromatic heterocycles. The number of allylic oxidation sites excluding steroid dienone is 1. The molecule has 0 fully saturated rings. The Hall–Kier alpha value is -1.59. The van der Waals surface area contributed by atoms with Gasteiger partial charge in [0, 0.05) is 10.6 Å². The summed E-state index contributed by atoms with van der Waals surface area (Å²) < 4.78 is 0. The number of carbonyl (C=O) groups excluding carboxylic acids is 2. The summed E-state index contributed by atoms with van der Waals surface area (Å²) in [6.07, 6.45) is 0. The van der Waals surface area contributed by atoms with Gasteiger partial charge in [-0.15, -0.1) is 11.8 Å². The van der Waals surface area contributed by atoms with Crippen LogP contribution >= 0.6 is 35.0 Å². The van der Waals surface area contributed by atoms with E-state index in [0.29, 0.717) is 5.02 Å². The van der Waals surface area contributed by atoms with E-state index in [1.165, 1.54) is 36.2 Å². The summed E-state index contributed by atoms with van der Waals surface area (Å²) in [4.78, 5) is 24.5. The highest BCUT2D eigenvalue weighted by Crippen LogP contribution is 2.28. The lowest BCUT2D eigenvalue weighted by molar-refractivity contribution is -0.113. The Morgan fingerprint density at radius 1 is 1.12 bits per heavy atom. The van der Waals surface area contributed by atoms with Crippen LogP contribution in [0.4, 0.5) is 0 Å². The zero-order chi connectivity index (χ0) is 17.7. The zero-order valence-corrected chi connectivity index (χ0v) is 15.2. The van der Waals surface area contributed by atoms with E-state index in [9.17, 15) is 9.59 Å². The lowest BCUT2D eigenvalue weighted by Gasteiger charge is -2.10. The van der Waals surface area contributed by atoms with Crippen LogP contribution in [0.3, 0.4) is 0 Å². The second-order valence-corrected chi connectivity index (χ2v) is 6.87. The summed E-state index contributed by atoms with van der Waals surface area (Å²) in [5, 5.41) is 1.74. The van der Waals surface area contributed by atoms with E-state index in [1.54, 1.807) is 6.07 Å². The van der Waals surface area contributed by atoms with Gasteiger partial charge in [0.05, 0.1) is 16.0 Å². The van der Waals surface area contributed by atoms with Crippen LogP contribution in [0, 0.1) is 0 Å². The highest BCUT2D eigenvalue weighted by Gasteiger charge is 2.20. The van der Waals surface area contributed by atoms with Gasteiger partial charge in [-0.3, -0.25) is 9.59 Å². The summed E-state index contributed by atoms with van der Waals surface area (Å²) in [7, 11) is 0. The highest BCUT2D eigenvalue weighted by atomic mass is 35.5. The average molecular weight is 380 g/mol. The second-order valence-electron chi connectivity index (χ2n) is 5.01. The van der Waals surface area contributed by atoms with Crippen molar-refractivity contribution in [2.24, 2.45) is 5.73 Å². The molecule has 0 spiro atoms. The first-order valence-corrected chi connectivity index (χ1v) is 8.77. The van der Waals surface area contributed by atoms with Gasteiger partial charge < -0.3 is 5.73 Å². The third kappa shape index (κ3) is 4.71. The summed E-state index contributed by atoms with van der Waals surface area (Å²) in [5.74, 6) is -0.796. The molecule has 1 atom stereocenters. The van der Waals surface area contributed by atoms with Gasteiger partial charge in [-0.05, 0) is 36.1 Å². The molecule has 2 aromatic rings. The molecular weight excluding hydrogens is 365 g/mol. The van der Waals surface area contributed by atoms with Gasteiger partial charge in [0.2, 0.25) is 0 Å². The van der Waals surface area contributed by atoms with Crippen LogP contribution in [0.5, 0.6) is 0 Å². The van der Waals surface area contributed by atoms with E-state index in [-0.39, 0.29) is 27.3 Å². The molecule has 3 nitrogen and oxygen atoms in total. The van der Waals surface area contributed by atoms with Crippen molar-refractivity contribution >= 4 is 46.5 Å². The molecule has 2 N–H and O–H groups in total. The molecule has 2 aromatic carbocycles. The minimum atomic E-state index is -0.447. The quantitative estimate of drug-likeness (QED) is 0.251. The largest absolute Gasteiger partial charge is 0.315 e. The SMILES string of the molecule is CC(=O)/C(=C\SC(N)c1ccccc1)C(=O)c1ccc(Cl)cc1Cl. The van der Waals surface area contributed by atoms with Crippen molar-refractivity contribution in [1.82, 2.24) is 0 Å². The summed E-state index contributed by atoms with van der Waals surface area (Å²) in [6, 6.07) is 14.0. The molecule has 0 saturated carbocycles. The van der Waals surface area contributed by atoms with Crippen LogP contribution in [0.1, 0.15) is 28.2 Å². The Balaban J connectivity index is 2.25. The molecule has 124 valence electrons. The number of thioether (sulfide) groups is 1. The number of benzene rings is 2. The second kappa shape index (κ2) is 8.49. The van der Waals surface area contributed by atoms with E-state index >= 15 is 0 Å². The monoisotopic (exact) mass is 379 g/mol. The van der Waals surface area contributed by atoms with Crippen molar-refractivity contribution in [2.45, 2.75) is 12.3 Å². The number of carbonyl (C=O) groups is 2. The van der Waals surface area contributed by atoms with Gasteiger partial charge >= 0.3 is 0 Å². The Kier molecular flexibility index (Phi) is 6.63. The first-order chi connectivity index (χ1) is 11.4. The molecule has 0 aliphatic carbocycles. The van der Waals surface area contributed by atoms with Gasteiger partial charge in [-0.2, -0.15) is 0 Å². The normalized spacial score (nSPS) is 12.8. The van der Waals surface area contributed by atoms with E-state index in [0.717, 1.165) is 5.56 Å². The third-order valence-corrected chi connectivity index (χ3v) is 4.75. The Morgan fingerprint density at radius 3 is 2.38 bits per heavy atom. The number of Topliss-reactive ketones (excluding diaryl/α,β-unsaturated/α-hetero) is 2. The van der Waals surface area contributed by atoms with Crippen LogP contribution < -0.4 is 5.73 Å². The topological polar surface area (TPSA) is 60.2 Å². The number of nitrogens with two attached hydrogens (primary N) is 1. The van der Waals surface area contributed by atoms with Gasteiger partial charge in [-0.25, -0.2) is 0 Å². The minimum absolute atomic E-state index is 0.0376. The molecule has 0 radical (unpaired) electrons. The van der Waals surface area contributed by atoms with Crippen LogP contribution in [-0.4, -0.2) is 11.6 Å². The lowest BCUT2D eigenvalue weighted by Crippen LogP contribution is -2.12. The summed E-state index contributed by atoms with van der Waals surface area (Å²) >= 11 is 13.1. The van der Waals surface area contributed by atoms with Crippen LogP contribution in [0.15, 0.2) is 59.5 Å². The highest BCUT2D eigenvalue weighted by molar-refractivity contribution is 8.02. The summed E-state index contributed by atoms with van der Waals surface area (Å²) in [6.45, 7) is 1.34. The zero-order valence-electron chi connectivity index (χ0n) is 12.8. The Bertz CT molecular complexity index is 791. The van der Waals surface area contributed by atoms with Gasteiger partial charge in [0.15, 0.2) is 11.6 Å². The number of ketones is 2. The van der Waals surface area contributed by atoms with E-state index < -0.39 is 5.78 Å². The van der Waals surface area contributed by atoms with Crippen molar-refractivity contribution in [3.05, 3.63) is 80.7 Å².